The Kier molecular flexibility index (Phi) is 3.90. The van der Waals surface area contributed by atoms with Crippen molar-refractivity contribution in [3.05, 3.63) is 45.7 Å². The Morgan fingerprint density at radius 2 is 2.05 bits per heavy atom. The van der Waals surface area contributed by atoms with Crippen molar-refractivity contribution in [2.24, 2.45) is 0 Å². The summed E-state index contributed by atoms with van der Waals surface area (Å²) in [7, 11) is 0. The fourth-order valence-electron chi connectivity index (χ4n) is 2.66. The van der Waals surface area contributed by atoms with Gasteiger partial charge in [-0.15, -0.1) is 0 Å². The number of alkyl halides is 4. The normalized spacial score (nSPS) is 18.6. The fourth-order valence-corrected chi connectivity index (χ4v) is 3.84. The zero-order valence-electron chi connectivity index (χ0n) is 10.8. The predicted molar refractivity (Wildman–Crippen MR) is 80.9 cm³/mol. The lowest BCUT2D eigenvalue weighted by Crippen LogP contribution is -2.12. The molecule has 1 aliphatic rings. The van der Waals surface area contributed by atoms with Crippen LogP contribution in [0.25, 0.3) is 5.69 Å². The Morgan fingerprint density at radius 1 is 1.29 bits per heavy atom. The quantitative estimate of drug-likeness (QED) is 0.559. The van der Waals surface area contributed by atoms with Crippen molar-refractivity contribution >= 4 is 31.9 Å². The van der Waals surface area contributed by atoms with Gasteiger partial charge in [0, 0.05) is 10.0 Å². The van der Waals surface area contributed by atoms with E-state index in [0.29, 0.717) is 23.4 Å². The van der Waals surface area contributed by atoms with Crippen LogP contribution < -0.4 is 0 Å². The van der Waals surface area contributed by atoms with E-state index in [1.807, 2.05) is 6.07 Å². The van der Waals surface area contributed by atoms with E-state index >= 15 is 0 Å². The molecule has 0 spiro atoms. The molecule has 0 saturated carbocycles. The second-order valence-corrected chi connectivity index (χ2v) is 6.98. The molecule has 112 valence electrons. The van der Waals surface area contributed by atoms with Crippen LogP contribution in [-0.2, 0) is 12.6 Å². The Bertz CT molecular complexity index is 679. The highest BCUT2D eigenvalue weighted by Gasteiger charge is 2.41. The highest BCUT2D eigenvalue weighted by Crippen LogP contribution is 2.43. The monoisotopic (exact) mass is 422 g/mol. The van der Waals surface area contributed by atoms with Gasteiger partial charge in [0.15, 0.2) is 5.69 Å². The zero-order chi connectivity index (χ0) is 15.2. The van der Waals surface area contributed by atoms with Crippen molar-refractivity contribution in [3.8, 4) is 5.69 Å². The number of hydrogen-bond acceptors (Lipinski definition) is 1. The molecule has 3 rings (SSSR count). The van der Waals surface area contributed by atoms with Crippen LogP contribution >= 0.6 is 31.9 Å². The number of aromatic nitrogens is 2. The van der Waals surface area contributed by atoms with Crippen LogP contribution in [0.2, 0.25) is 0 Å². The third kappa shape index (κ3) is 2.77. The summed E-state index contributed by atoms with van der Waals surface area (Å²) in [6, 6.07) is 7.14. The summed E-state index contributed by atoms with van der Waals surface area (Å²) < 4.78 is 41.9. The van der Waals surface area contributed by atoms with E-state index in [1.165, 1.54) is 4.68 Å². The smallest absolute Gasteiger partial charge is 0.236 e. The second-order valence-electron chi connectivity index (χ2n) is 4.96. The average molecular weight is 424 g/mol. The molecule has 0 saturated heterocycles. The maximum Gasteiger partial charge on any atom is 0.435 e. The van der Waals surface area contributed by atoms with Crippen LogP contribution in [0.4, 0.5) is 13.2 Å². The molecule has 1 heterocycles. The van der Waals surface area contributed by atoms with Gasteiger partial charge in [0.25, 0.3) is 0 Å². The molecule has 21 heavy (non-hydrogen) atoms. The van der Waals surface area contributed by atoms with E-state index in [-0.39, 0.29) is 4.83 Å². The van der Waals surface area contributed by atoms with Gasteiger partial charge in [-0.1, -0.05) is 37.9 Å². The Morgan fingerprint density at radius 3 is 2.71 bits per heavy atom. The number of halogens is 5. The SMILES string of the molecule is FC(F)(F)c1nn(-c2cccc(Br)c2)c2c1CCCC2Br. The number of benzene rings is 1. The fraction of sp³-hybridized carbons (Fsp3) is 0.357. The molecule has 0 bridgehead atoms. The van der Waals surface area contributed by atoms with Crippen LogP contribution in [0.1, 0.15) is 34.6 Å². The van der Waals surface area contributed by atoms with E-state index in [9.17, 15) is 13.2 Å². The summed E-state index contributed by atoms with van der Waals surface area (Å²) in [6.45, 7) is 0. The highest BCUT2D eigenvalue weighted by atomic mass is 79.9. The number of nitrogens with zero attached hydrogens (tertiary/aromatic N) is 2. The minimum Gasteiger partial charge on any atom is -0.236 e. The molecule has 1 aliphatic carbocycles. The first-order valence-corrected chi connectivity index (χ1v) is 8.18. The standard InChI is InChI=1S/C14H11Br2F3N2/c15-8-3-1-4-9(7-8)21-12-10(5-2-6-11(12)16)13(20-21)14(17,18)19/h1,3-4,7,11H,2,5-6H2. The van der Waals surface area contributed by atoms with Gasteiger partial charge < -0.3 is 0 Å². The minimum atomic E-state index is -4.43. The molecule has 2 nitrogen and oxygen atoms in total. The molecule has 7 heteroatoms. The Balaban J connectivity index is 2.24. The van der Waals surface area contributed by atoms with Gasteiger partial charge in [-0.25, -0.2) is 4.68 Å². The van der Waals surface area contributed by atoms with E-state index in [4.69, 9.17) is 0 Å². The van der Waals surface area contributed by atoms with Crippen molar-refractivity contribution in [1.29, 1.82) is 0 Å². The summed E-state index contributed by atoms with van der Waals surface area (Å²) in [5, 5.41) is 3.87. The van der Waals surface area contributed by atoms with Crippen molar-refractivity contribution < 1.29 is 13.2 Å². The summed E-state index contributed by atoms with van der Waals surface area (Å²) in [6.07, 6.45) is -2.47. The number of fused-ring (bicyclic) bond motifs is 1. The molecular weight excluding hydrogens is 413 g/mol. The van der Waals surface area contributed by atoms with Gasteiger partial charge in [0.2, 0.25) is 0 Å². The van der Waals surface area contributed by atoms with Crippen LogP contribution in [-0.4, -0.2) is 9.78 Å². The maximum atomic E-state index is 13.2. The van der Waals surface area contributed by atoms with Crippen molar-refractivity contribution in [1.82, 2.24) is 9.78 Å². The van der Waals surface area contributed by atoms with Gasteiger partial charge in [0.05, 0.1) is 16.2 Å². The molecule has 1 aromatic carbocycles. The van der Waals surface area contributed by atoms with Crippen LogP contribution in [0.15, 0.2) is 28.7 Å². The van der Waals surface area contributed by atoms with Gasteiger partial charge in [-0.3, -0.25) is 0 Å². The second kappa shape index (κ2) is 5.43. The average Bonchev–Trinajstić information content (AvgIpc) is 2.79. The molecule has 0 radical (unpaired) electrons. The van der Waals surface area contributed by atoms with E-state index < -0.39 is 11.9 Å². The molecule has 1 atom stereocenters. The van der Waals surface area contributed by atoms with E-state index in [1.54, 1.807) is 18.2 Å². The third-order valence-electron chi connectivity index (χ3n) is 3.53. The van der Waals surface area contributed by atoms with Crippen molar-refractivity contribution in [2.75, 3.05) is 0 Å². The number of hydrogen-bond donors (Lipinski definition) is 0. The van der Waals surface area contributed by atoms with Crippen LogP contribution in [0.5, 0.6) is 0 Å². The highest BCUT2D eigenvalue weighted by molar-refractivity contribution is 9.10. The summed E-state index contributed by atoms with van der Waals surface area (Å²) in [4.78, 5) is -0.108. The lowest BCUT2D eigenvalue weighted by molar-refractivity contribution is -0.142. The summed E-state index contributed by atoms with van der Waals surface area (Å²) >= 11 is 6.84. The van der Waals surface area contributed by atoms with Crippen LogP contribution in [0, 0.1) is 0 Å². The maximum absolute atomic E-state index is 13.2. The van der Waals surface area contributed by atoms with Crippen molar-refractivity contribution in [2.45, 2.75) is 30.3 Å². The summed E-state index contributed by atoms with van der Waals surface area (Å²) in [5.41, 5.74) is 0.798. The molecule has 1 unspecified atom stereocenters. The minimum absolute atomic E-state index is 0.108. The Hall–Kier alpha value is -0.820. The van der Waals surface area contributed by atoms with Gasteiger partial charge in [-0.2, -0.15) is 18.3 Å². The van der Waals surface area contributed by atoms with E-state index in [2.05, 4.69) is 37.0 Å². The number of rotatable bonds is 1. The van der Waals surface area contributed by atoms with Gasteiger partial charge in [0.1, 0.15) is 0 Å². The largest absolute Gasteiger partial charge is 0.435 e. The first-order valence-electron chi connectivity index (χ1n) is 6.47. The van der Waals surface area contributed by atoms with Gasteiger partial charge >= 0.3 is 6.18 Å². The Labute approximate surface area is 136 Å². The molecule has 2 aromatic rings. The zero-order valence-corrected chi connectivity index (χ0v) is 14.0. The topological polar surface area (TPSA) is 17.8 Å². The lowest BCUT2D eigenvalue weighted by Gasteiger charge is -2.20. The van der Waals surface area contributed by atoms with E-state index in [0.717, 1.165) is 17.3 Å². The molecule has 0 N–H and O–H groups in total. The third-order valence-corrected chi connectivity index (χ3v) is 4.91. The van der Waals surface area contributed by atoms with Crippen LogP contribution in [0.3, 0.4) is 0 Å². The first kappa shape index (κ1) is 15.1. The molecule has 0 aliphatic heterocycles. The summed E-state index contributed by atoms with van der Waals surface area (Å²) in [5.74, 6) is 0. The van der Waals surface area contributed by atoms with Gasteiger partial charge in [-0.05, 0) is 37.5 Å². The molecular formula is C14H11Br2F3N2. The molecule has 0 fully saturated rings. The lowest BCUT2D eigenvalue weighted by atomic mass is 9.95. The predicted octanol–water partition coefficient (Wildman–Crippen LogP) is 5.43. The first-order chi connectivity index (χ1) is 9.88. The molecule has 1 aromatic heterocycles. The molecule has 0 amide bonds. The van der Waals surface area contributed by atoms with Crippen molar-refractivity contribution in [3.63, 3.8) is 0 Å².